The monoisotopic (exact) mass is 499 g/mol. The van der Waals surface area contributed by atoms with Crippen molar-refractivity contribution in [1.82, 2.24) is 10.2 Å². The molecule has 2 aliphatic rings. The van der Waals surface area contributed by atoms with Gasteiger partial charge < -0.3 is 15.3 Å². The molecule has 1 amide bonds. The molecule has 1 aliphatic heterocycles. The van der Waals surface area contributed by atoms with Gasteiger partial charge in [0.1, 0.15) is 5.75 Å². The second-order valence-corrected chi connectivity index (χ2v) is 9.64. The number of unbranched alkanes of at least 4 members (excludes halogenated alkanes) is 3. The van der Waals surface area contributed by atoms with Gasteiger partial charge >= 0.3 is 0 Å². The van der Waals surface area contributed by atoms with Gasteiger partial charge in [0.2, 0.25) is 5.91 Å². The topological polar surface area (TPSA) is 76.4 Å². The highest BCUT2D eigenvalue weighted by Crippen LogP contribution is 2.58. The minimum absolute atomic E-state index is 0.159. The van der Waals surface area contributed by atoms with Crippen molar-refractivity contribution in [2.45, 2.75) is 64.8 Å². The molecule has 1 aromatic rings. The van der Waals surface area contributed by atoms with E-state index in [1.54, 1.807) is 6.07 Å². The Morgan fingerprint density at radius 1 is 1.38 bits per heavy atom. The van der Waals surface area contributed by atoms with Crippen LogP contribution in [0, 0.1) is 16.7 Å². The summed E-state index contributed by atoms with van der Waals surface area (Å²) in [6, 6.07) is 5.54. The van der Waals surface area contributed by atoms with E-state index in [4.69, 9.17) is 5.26 Å². The summed E-state index contributed by atoms with van der Waals surface area (Å²) in [6.07, 6.45) is 12.3. The van der Waals surface area contributed by atoms with Crippen molar-refractivity contribution in [1.29, 1.82) is 5.26 Å². The van der Waals surface area contributed by atoms with E-state index in [0.29, 0.717) is 38.9 Å². The van der Waals surface area contributed by atoms with Crippen LogP contribution in [0.2, 0.25) is 0 Å². The number of nitrogens with one attached hydrogen (secondary N) is 1. The van der Waals surface area contributed by atoms with Gasteiger partial charge in [-0.3, -0.25) is 4.79 Å². The van der Waals surface area contributed by atoms with Crippen LogP contribution in [0.25, 0.3) is 6.08 Å². The molecule has 0 radical (unpaired) electrons. The third-order valence-electron chi connectivity index (χ3n) is 6.75. The fourth-order valence-corrected chi connectivity index (χ4v) is 5.68. The molecule has 172 valence electrons. The van der Waals surface area contributed by atoms with E-state index >= 15 is 0 Å². The van der Waals surface area contributed by atoms with Gasteiger partial charge in [0, 0.05) is 47.9 Å². The van der Waals surface area contributed by atoms with Crippen LogP contribution in [0.3, 0.4) is 0 Å². The molecule has 1 heterocycles. The zero-order chi connectivity index (χ0) is 23.1. The van der Waals surface area contributed by atoms with E-state index in [1.807, 2.05) is 24.0 Å². The summed E-state index contributed by atoms with van der Waals surface area (Å²) in [4.78, 5) is 15.3. The molecule has 2 atom stereocenters. The van der Waals surface area contributed by atoms with Crippen LogP contribution in [0.15, 0.2) is 34.3 Å². The van der Waals surface area contributed by atoms with E-state index in [1.165, 1.54) is 5.57 Å². The number of nitriles is 1. The Morgan fingerprint density at radius 2 is 2.19 bits per heavy atom. The lowest BCUT2D eigenvalue weighted by molar-refractivity contribution is -0.142. The molecular formula is C26H34BrN3O2. The summed E-state index contributed by atoms with van der Waals surface area (Å²) in [5.41, 5.74) is 2.59. The van der Waals surface area contributed by atoms with Crippen LogP contribution in [-0.2, 0) is 4.79 Å². The second kappa shape index (κ2) is 11.2. The minimum Gasteiger partial charge on any atom is -0.508 e. The predicted molar refractivity (Wildman–Crippen MR) is 132 cm³/mol. The smallest absolute Gasteiger partial charge is 0.223 e. The zero-order valence-electron chi connectivity index (χ0n) is 19.2. The lowest BCUT2D eigenvalue weighted by Gasteiger charge is -2.53. The number of allylic oxidation sites excluding steroid dienone is 2. The molecule has 2 unspecified atom stereocenters. The minimum atomic E-state index is -0.355. The molecule has 0 aromatic heterocycles. The second-order valence-electron chi connectivity index (χ2n) is 8.78. The molecular weight excluding hydrogens is 466 g/mol. The van der Waals surface area contributed by atoms with Crippen LogP contribution < -0.4 is 5.32 Å². The number of carbonyl (C=O) groups excluding carboxylic acids is 1. The lowest BCUT2D eigenvalue weighted by atomic mass is 9.61. The highest BCUT2D eigenvalue weighted by molar-refractivity contribution is 9.10. The fraction of sp³-hybridized carbons (Fsp3) is 0.538. The number of fused-ring (bicyclic) bond motifs is 3. The van der Waals surface area contributed by atoms with Crippen molar-refractivity contribution in [3.05, 3.63) is 45.5 Å². The van der Waals surface area contributed by atoms with Crippen LogP contribution in [-0.4, -0.2) is 35.5 Å². The maximum atomic E-state index is 13.2. The number of phenols is 1. The van der Waals surface area contributed by atoms with Gasteiger partial charge in [-0.15, -0.1) is 0 Å². The SMILES string of the molecule is C/C=C\C1=Cc2c(Br)ccc(O)c2C2N(CCCCCC)C(=O)CCC12CNCCC#N. The molecule has 3 rings (SSSR count). The summed E-state index contributed by atoms with van der Waals surface area (Å²) in [5, 5.41) is 23.5. The third-order valence-corrected chi connectivity index (χ3v) is 7.44. The molecule has 2 N–H and O–H groups in total. The van der Waals surface area contributed by atoms with Crippen molar-refractivity contribution in [2.24, 2.45) is 5.41 Å². The summed E-state index contributed by atoms with van der Waals surface area (Å²) in [7, 11) is 0. The van der Waals surface area contributed by atoms with Gasteiger partial charge in [-0.1, -0.05) is 54.3 Å². The van der Waals surface area contributed by atoms with Gasteiger partial charge in [-0.05, 0) is 49.1 Å². The van der Waals surface area contributed by atoms with E-state index in [-0.39, 0.29) is 23.1 Å². The largest absolute Gasteiger partial charge is 0.508 e. The Balaban J connectivity index is 2.12. The van der Waals surface area contributed by atoms with Crippen molar-refractivity contribution in [2.75, 3.05) is 19.6 Å². The van der Waals surface area contributed by atoms with Crippen LogP contribution in [0.4, 0.5) is 0 Å². The first-order valence-corrected chi connectivity index (χ1v) is 12.5. The van der Waals surface area contributed by atoms with Gasteiger partial charge in [-0.2, -0.15) is 5.26 Å². The summed E-state index contributed by atoms with van der Waals surface area (Å²) in [6.45, 7) is 6.15. The number of halogens is 1. The maximum absolute atomic E-state index is 13.2. The number of rotatable bonds is 10. The number of piperidine rings is 1. The Morgan fingerprint density at radius 3 is 2.91 bits per heavy atom. The number of phenolic OH excluding ortho intramolecular Hbond substituents is 1. The van der Waals surface area contributed by atoms with Gasteiger partial charge in [0.05, 0.1) is 12.1 Å². The molecule has 0 spiro atoms. The zero-order valence-corrected chi connectivity index (χ0v) is 20.7. The molecule has 1 aliphatic carbocycles. The average molecular weight is 500 g/mol. The quantitative estimate of drug-likeness (QED) is 0.395. The van der Waals surface area contributed by atoms with Gasteiger partial charge in [0.25, 0.3) is 0 Å². The highest BCUT2D eigenvalue weighted by atomic mass is 79.9. The van der Waals surface area contributed by atoms with Crippen molar-refractivity contribution < 1.29 is 9.90 Å². The first-order chi connectivity index (χ1) is 15.5. The molecule has 32 heavy (non-hydrogen) atoms. The number of benzene rings is 1. The van der Waals surface area contributed by atoms with Crippen LogP contribution in [0.5, 0.6) is 5.75 Å². The number of carbonyl (C=O) groups is 1. The Bertz CT molecular complexity index is 934. The normalized spacial score (nSPS) is 22.4. The number of hydrogen-bond acceptors (Lipinski definition) is 4. The molecule has 0 saturated carbocycles. The van der Waals surface area contributed by atoms with Gasteiger partial charge in [0.15, 0.2) is 0 Å². The van der Waals surface area contributed by atoms with Crippen molar-refractivity contribution in [3.8, 4) is 11.8 Å². The standard InChI is InChI=1S/C26H34BrN3O2/c1-3-5-6-7-16-30-23(32)12-13-26(18-29-15-8-14-28)19(9-4-2)17-20-21(27)10-11-22(31)24(20)25(26)30/h4,9-11,17,25,29,31H,3,5-8,12-13,15-16,18H2,1-2H3/b9-4-. The fourth-order valence-electron chi connectivity index (χ4n) is 5.22. The number of hydrogen-bond donors (Lipinski definition) is 2. The van der Waals surface area contributed by atoms with E-state index in [0.717, 1.165) is 41.3 Å². The Kier molecular flexibility index (Phi) is 8.56. The first-order valence-electron chi connectivity index (χ1n) is 11.7. The molecule has 5 nitrogen and oxygen atoms in total. The summed E-state index contributed by atoms with van der Waals surface area (Å²) in [5.74, 6) is 0.393. The molecule has 1 fully saturated rings. The summed E-state index contributed by atoms with van der Waals surface area (Å²) >= 11 is 3.68. The summed E-state index contributed by atoms with van der Waals surface area (Å²) < 4.78 is 0.919. The van der Waals surface area contributed by atoms with Crippen molar-refractivity contribution in [3.63, 3.8) is 0 Å². The molecule has 1 aromatic carbocycles. The maximum Gasteiger partial charge on any atom is 0.223 e. The first kappa shape index (κ1) is 24.5. The molecule has 0 bridgehead atoms. The van der Waals surface area contributed by atoms with Crippen molar-refractivity contribution >= 4 is 27.9 Å². The lowest BCUT2D eigenvalue weighted by Crippen LogP contribution is -2.55. The number of likely N-dealkylation sites (tertiary alicyclic amines) is 1. The van der Waals surface area contributed by atoms with Gasteiger partial charge in [-0.25, -0.2) is 0 Å². The number of aromatic hydroxyl groups is 1. The number of nitrogens with zero attached hydrogens (tertiary/aromatic N) is 2. The van der Waals surface area contributed by atoms with Crippen LogP contribution >= 0.6 is 15.9 Å². The number of amides is 1. The van der Waals surface area contributed by atoms with E-state index in [9.17, 15) is 9.90 Å². The predicted octanol–water partition coefficient (Wildman–Crippen LogP) is 5.86. The Hall–Kier alpha value is -2.10. The third kappa shape index (κ3) is 4.79. The Labute approximate surface area is 200 Å². The molecule has 6 heteroatoms. The molecule has 1 saturated heterocycles. The highest BCUT2D eigenvalue weighted by Gasteiger charge is 2.52. The van der Waals surface area contributed by atoms with Crippen LogP contribution in [0.1, 0.15) is 76.0 Å². The average Bonchev–Trinajstić information content (AvgIpc) is 2.78. The van der Waals surface area contributed by atoms with E-state index in [2.05, 4.69) is 46.4 Å². The van der Waals surface area contributed by atoms with E-state index < -0.39 is 0 Å².